The maximum absolute atomic E-state index is 13.2. The maximum atomic E-state index is 13.2. The van der Waals surface area contributed by atoms with Crippen LogP contribution >= 0.6 is 0 Å². The van der Waals surface area contributed by atoms with Gasteiger partial charge in [-0.2, -0.15) is 0 Å². The lowest BCUT2D eigenvalue weighted by Crippen LogP contribution is -2.30. The molecule has 0 saturated carbocycles. The number of benzene rings is 3. The van der Waals surface area contributed by atoms with E-state index in [2.05, 4.69) is 18.7 Å². The first-order valence-electron chi connectivity index (χ1n) is 11.6. The van der Waals surface area contributed by atoms with Crippen LogP contribution in [0.3, 0.4) is 0 Å². The highest BCUT2D eigenvalue weighted by molar-refractivity contribution is 6.46. The number of amides is 1. The largest absolute Gasteiger partial charge is 0.507 e. The number of aliphatic hydroxyl groups excluding tert-OH is 1. The zero-order chi connectivity index (χ0) is 23.5. The molecule has 1 amide bonds. The van der Waals surface area contributed by atoms with Crippen molar-refractivity contribution < 1.29 is 14.7 Å². The van der Waals surface area contributed by atoms with Crippen molar-refractivity contribution in [2.24, 2.45) is 0 Å². The molecule has 5 nitrogen and oxygen atoms in total. The molecule has 3 aromatic carbocycles. The van der Waals surface area contributed by atoms with E-state index < -0.39 is 17.7 Å². The summed E-state index contributed by atoms with van der Waals surface area (Å²) in [6.07, 6.45) is 0.718. The molecule has 0 radical (unpaired) electrons. The Morgan fingerprint density at radius 2 is 1.58 bits per heavy atom. The number of aliphatic hydroxyl groups is 1. The normalized spacial score (nSPS) is 17.7. The Morgan fingerprint density at radius 1 is 0.909 bits per heavy atom. The van der Waals surface area contributed by atoms with Crippen molar-refractivity contribution in [1.82, 2.24) is 4.90 Å². The number of hydrogen-bond donors (Lipinski definition) is 1. The van der Waals surface area contributed by atoms with E-state index in [0.29, 0.717) is 12.1 Å². The Kier molecular flexibility index (Phi) is 6.50. The van der Waals surface area contributed by atoms with Gasteiger partial charge in [-0.25, -0.2) is 0 Å². The van der Waals surface area contributed by atoms with Crippen molar-refractivity contribution in [2.75, 3.05) is 24.5 Å². The van der Waals surface area contributed by atoms with Crippen molar-refractivity contribution >= 4 is 33.9 Å². The number of carbonyl (C=O) groups is 2. The van der Waals surface area contributed by atoms with E-state index in [4.69, 9.17) is 0 Å². The lowest BCUT2D eigenvalue weighted by Gasteiger charge is -2.26. The van der Waals surface area contributed by atoms with Gasteiger partial charge in [0.1, 0.15) is 5.76 Å². The Balaban J connectivity index is 1.88. The highest BCUT2D eigenvalue weighted by Gasteiger charge is 2.45. The summed E-state index contributed by atoms with van der Waals surface area (Å²) in [4.78, 5) is 30.0. The molecule has 0 aliphatic carbocycles. The molecule has 4 rings (SSSR count). The fraction of sp³-hybridized carbons (Fsp3) is 0.286. The first-order valence-corrected chi connectivity index (χ1v) is 11.6. The molecule has 0 aromatic heterocycles. The van der Waals surface area contributed by atoms with Crippen LogP contribution in [-0.4, -0.2) is 41.3 Å². The quantitative estimate of drug-likeness (QED) is 0.297. The fourth-order valence-electron chi connectivity index (χ4n) is 4.73. The molecule has 3 aromatic rings. The molecule has 170 valence electrons. The molecule has 0 bridgehead atoms. The number of anilines is 1. The van der Waals surface area contributed by atoms with Crippen molar-refractivity contribution in [2.45, 2.75) is 33.2 Å². The Labute approximate surface area is 194 Å². The van der Waals surface area contributed by atoms with Crippen LogP contribution in [0.25, 0.3) is 16.5 Å². The number of Topliss-reactive ketones (excluding diaryl/α,β-unsaturated/α-hetero) is 1. The zero-order valence-electron chi connectivity index (χ0n) is 19.4. The van der Waals surface area contributed by atoms with Gasteiger partial charge in [0, 0.05) is 30.9 Å². The summed E-state index contributed by atoms with van der Waals surface area (Å²) in [5.74, 6) is -1.32. The molecule has 1 unspecified atom stereocenters. The lowest BCUT2D eigenvalue weighted by molar-refractivity contribution is -0.139. The van der Waals surface area contributed by atoms with Crippen LogP contribution in [0, 0.1) is 0 Å². The van der Waals surface area contributed by atoms with Gasteiger partial charge in [-0.3, -0.25) is 9.59 Å². The Hall–Kier alpha value is -3.60. The molecule has 1 aliphatic heterocycles. The third-order valence-electron chi connectivity index (χ3n) is 6.39. The highest BCUT2D eigenvalue weighted by atomic mass is 16.3. The molecule has 1 saturated heterocycles. The van der Waals surface area contributed by atoms with Gasteiger partial charge < -0.3 is 14.9 Å². The monoisotopic (exact) mass is 442 g/mol. The van der Waals surface area contributed by atoms with Crippen LogP contribution in [0.4, 0.5) is 5.69 Å². The average molecular weight is 443 g/mol. The average Bonchev–Trinajstić information content (AvgIpc) is 3.10. The van der Waals surface area contributed by atoms with E-state index in [1.807, 2.05) is 67.6 Å². The number of hydrogen-bond acceptors (Lipinski definition) is 4. The topological polar surface area (TPSA) is 60.9 Å². The number of likely N-dealkylation sites (tertiary alicyclic amines) is 1. The predicted octanol–water partition coefficient (Wildman–Crippen LogP) is 5.52. The molecule has 33 heavy (non-hydrogen) atoms. The van der Waals surface area contributed by atoms with E-state index >= 15 is 0 Å². The number of fused-ring (bicyclic) bond motifs is 1. The zero-order valence-corrected chi connectivity index (χ0v) is 19.4. The standard InChI is InChI=1S/C28H30N2O3/c1-4-18-30-25(20-14-16-21(17-15-20)29(5-2)6-3)24(27(32)28(30)33)26(31)23-13-9-11-19-10-7-8-12-22(19)23/h7-17,25,31H,4-6,18H2,1-3H3/b26-24-. The van der Waals surface area contributed by atoms with Gasteiger partial charge in [-0.05, 0) is 48.7 Å². The van der Waals surface area contributed by atoms with Gasteiger partial charge in [0.05, 0.1) is 11.6 Å². The van der Waals surface area contributed by atoms with Crippen LogP contribution in [0.2, 0.25) is 0 Å². The highest BCUT2D eigenvalue weighted by Crippen LogP contribution is 2.41. The lowest BCUT2D eigenvalue weighted by atomic mass is 9.93. The van der Waals surface area contributed by atoms with E-state index in [1.54, 1.807) is 11.0 Å². The third kappa shape index (κ3) is 3.99. The van der Waals surface area contributed by atoms with Crippen molar-refractivity contribution in [3.8, 4) is 0 Å². The van der Waals surface area contributed by atoms with E-state index in [9.17, 15) is 14.7 Å². The minimum atomic E-state index is -0.633. The summed E-state index contributed by atoms with van der Waals surface area (Å²) in [6, 6.07) is 20.7. The van der Waals surface area contributed by atoms with Crippen LogP contribution in [0.1, 0.15) is 44.4 Å². The minimum Gasteiger partial charge on any atom is -0.507 e. The molecular formula is C28H30N2O3. The first-order chi connectivity index (χ1) is 16.0. The number of carbonyl (C=O) groups excluding carboxylic acids is 2. The third-order valence-corrected chi connectivity index (χ3v) is 6.39. The smallest absolute Gasteiger partial charge is 0.295 e. The molecule has 5 heteroatoms. The first kappa shape index (κ1) is 22.6. The summed E-state index contributed by atoms with van der Waals surface area (Å²) in [6.45, 7) is 8.43. The van der Waals surface area contributed by atoms with Crippen LogP contribution < -0.4 is 4.90 Å². The molecular weight excluding hydrogens is 412 g/mol. The van der Waals surface area contributed by atoms with Crippen molar-refractivity contribution in [3.05, 3.63) is 83.4 Å². The van der Waals surface area contributed by atoms with E-state index in [-0.39, 0.29) is 11.3 Å². The van der Waals surface area contributed by atoms with Gasteiger partial charge >= 0.3 is 0 Å². The summed E-state index contributed by atoms with van der Waals surface area (Å²) in [5, 5.41) is 13.2. The molecule has 1 fully saturated rings. The van der Waals surface area contributed by atoms with Crippen LogP contribution in [-0.2, 0) is 9.59 Å². The number of nitrogens with zero attached hydrogens (tertiary/aromatic N) is 2. The summed E-state index contributed by atoms with van der Waals surface area (Å²) < 4.78 is 0. The molecule has 1 atom stereocenters. The molecule has 1 aliphatic rings. The number of ketones is 1. The summed E-state index contributed by atoms with van der Waals surface area (Å²) in [7, 11) is 0. The minimum absolute atomic E-state index is 0.124. The Morgan fingerprint density at radius 3 is 2.24 bits per heavy atom. The number of rotatable bonds is 7. The Bertz CT molecular complexity index is 1200. The second-order valence-corrected chi connectivity index (χ2v) is 8.28. The molecule has 1 N–H and O–H groups in total. The summed E-state index contributed by atoms with van der Waals surface area (Å²) >= 11 is 0. The van der Waals surface area contributed by atoms with Gasteiger partial charge in [0.15, 0.2) is 0 Å². The maximum Gasteiger partial charge on any atom is 0.295 e. The second kappa shape index (κ2) is 9.49. The summed E-state index contributed by atoms with van der Waals surface area (Å²) in [5.41, 5.74) is 2.62. The fourth-order valence-corrected chi connectivity index (χ4v) is 4.73. The van der Waals surface area contributed by atoms with Gasteiger partial charge in [-0.15, -0.1) is 0 Å². The van der Waals surface area contributed by atoms with E-state index in [1.165, 1.54) is 0 Å². The van der Waals surface area contributed by atoms with Gasteiger partial charge in [0.25, 0.3) is 11.7 Å². The second-order valence-electron chi connectivity index (χ2n) is 8.28. The molecule has 0 spiro atoms. The SMILES string of the molecule is CCCN1C(=O)C(=O)/C(=C(\O)c2cccc3ccccc23)C1c1ccc(N(CC)CC)cc1. The van der Waals surface area contributed by atoms with Crippen LogP contribution in [0.5, 0.6) is 0 Å². The van der Waals surface area contributed by atoms with Gasteiger partial charge in [-0.1, -0.05) is 61.5 Å². The van der Waals surface area contributed by atoms with Gasteiger partial charge in [0.2, 0.25) is 0 Å². The van der Waals surface area contributed by atoms with Crippen molar-refractivity contribution in [3.63, 3.8) is 0 Å². The van der Waals surface area contributed by atoms with Crippen molar-refractivity contribution in [1.29, 1.82) is 0 Å². The van der Waals surface area contributed by atoms with E-state index in [0.717, 1.165) is 41.5 Å². The molecule has 1 heterocycles. The predicted molar refractivity (Wildman–Crippen MR) is 133 cm³/mol. The van der Waals surface area contributed by atoms with Crippen LogP contribution in [0.15, 0.2) is 72.3 Å².